The van der Waals surface area contributed by atoms with Crippen molar-refractivity contribution >= 4 is 52.8 Å². The molecule has 3 amide bonds. The van der Waals surface area contributed by atoms with Gasteiger partial charge in [-0.15, -0.1) is 0 Å². The molecule has 180 valence electrons. The standard InChI is InChI=1S/C26H21Cl3N2O4/c1-2-34-23-13-18(11-21(29)24(23)35-15-17-8-9-19(27)20(28)10-17)12-22-25(32)31(26(33)30-22)14-16-6-4-3-5-7-16/h3-13H,2,14-15H2,1H3,(H,30,33)/b22-12+. The molecular weight excluding hydrogens is 511 g/mol. The van der Waals surface area contributed by atoms with Crippen LogP contribution in [0.2, 0.25) is 15.1 Å². The van der Waals surface area contributed by atoms with E-state index < -0.39 is 11.9 Å². The quantitative estimate of drug-likeness (QED) is 0.259. The van der Waals surface area contributed by atoms with Gasteiger partial charge >= 0.3 is 6.03 Å². The van der Waals surface area contributed by atoms with E-state index in [9.17, 15) is 9.59 Å². The zero-order valence-corrected chi connectivity index (χ0v) is 21.0. The summed E-state index contributed by atoms with van der Waals surface area (Å²) in [7, 11) is 0. The van der Waals surface area contributed by atoms with Gasteiger partial charge in [0.1, 0.15) is 12.3 Å². The van der Waals surface area contributed by atoms with Crippen LogP contribution in [0.4, 0.5) is 4.79 Å². The number of amides is 3. The minimum atomic E-state index is -0.484. The summed E-state index contributed by atoms with van der Waals surface area (Å²) in [5, 5.41) is 3.80. The lowest BCUT2D eigenvalue weighted by atomic mass is 10.1. The summed E-state index contributed by atoms with van der Waals surface area (Å²) in [6.45, 7) is 2.58. The third-order valence-corrected chi connectivity index (χ3v) is 6.18. The zero-order valence-electron chi connectivity index (χ0n) is 18.7. The maximum absolute atomic E-state index is 12.9. The van der Waals surface area contributed by atoms with Crippen LogP contribution in [0.5, 0.6) is 11.5 Å². The highest BCUT2D eigenvalue weighted by atomic mass is 35.5. The number of nitrogens with zero attached hydrogens (tertiary/aromatic N) is 1. The molecule has 1 aliphatic heterocycles. The number of carbonyl (C=O) groups is 2. The summed E-state index contributed by atoms with van der Waals surface area (Å²) in [6, 6.07) is 17.4. The summed E-state index contributed by atoms with van der Waals surface area (Å²) < 4.78 is 11.7. The lowest BCUT2D eigenvalue weighted by Gasteiger charge is -2.15. The highest BCUT2D eigenvalue weighted by molar-refractivity contribution is 6.42. The SMILES string of the molecule is CCOc1cc(/C=C2/NC(=O)N(Cc3ccccc3)C2=O)cc(Cl)c1OCc1ccc(Cl)c(Cl)c1. The lowest BCUT2D eigenvalue weighted by molar-refractivity contribution is -0.123. The van der Waals surface area contributed by atoms with E-state index in [4.69, 9.17) is 44.3 Å². The summed E-state index contributed by atoms with van der Waals surface area (Å²) in [5.74, 6) is 0.340. The fraction of sp³-hybridized carbons (Fsp3) is 0.154. The Bertz CT molecular complexity index is 1300. The van der Waals surface area contributed by atoms with Crippen molar-refractivity contribution in [2.75, 3.05) is 6.61 Å². The molecule has 1 N–H and O–H groups in total. The van der Waals surface area contributed by atoms with Crippen molar-refractivity contribution in [3.05, 3.63) is 98.1 Å². The van der Waals surface area contributed by atoms with Gasteiger partial charge in [0.15, 0.2) is 11.5 Å². The van der Waals surface area contributed by atoms with E-state index in [0.29, 0.717) is 38.7 Å². The van der Waals surface area contributed by atoms with Crippen molar-refractivity contribution in [1.29, 1.82) is 0 Å². The number of urea groups is 1. The topological polar surface area (TPSA) is 67.9 Å². The van der Waals surface area contributed by atoms with Gasteiger partial charge in [-0.3, -0.25) is 9.69 Å². The van der Waals surface area contributed by atoms with Crippen LogP contribution in [-0.2, 0) is 17.9 Å². The number of imide groups is 1. The molecule has 1 saturated heterocycles. The molecule has 35 heavy (non-hydrogen) atoms. The van der Waals surface area contributed by atoms with E-state index >= 15 is 0 Å². The van der Waals surface area contributed by atoms with Crippen LogP contribution in [0, 0.1) is 0 Å². The fourth-order valence-electron chi connectivity index (χ4n) is 3.51. The molecule has 6 nitrogen and oxygen atoms in total. The number of ether oxygens (including phenoxy) is 2. The molecule has 0 radical (unpaired) electrons. The van der Waals surface area contributed by atoms with Crippen LogP contribution in [0.15, 0.2) is 66.4 Å². The highest BCUT2D eigenvalue weighted by Crippen LogP contribution is 2.38. The number of benzene rings is 3. The first kappa shape index (κ1) is 24.9. The van der Waals surface area contributed by atoms with E-state index in [1.807, 2.05) is 37.3 Å². The van der Waals surface area contributed by atoms with Gasteiger partial charge in [0.25, 0.3) is 5.91 Å². The van der Waals surface area contributed by atoms with E-state index in [1.54, 1.807) is 36.4 Å². The molecule has 0 spiro atoms. The molecule has 1 heterocycles. The Hall–Kier alpha value is -3.19. The summed E-state index contributed by atoms with van der Waals surface area (Å²) in [5.41, 5.74) is 2.38. The average molecular weight is 532 g/mol. The van der Waals surface area contributed by atoms with Gasteiger partial charge in [-0.25, -0.2) is 4.79 Å². The summed E-state index contributed by atoms with van der Waals surface area (Å²) in [4.78, 5) is 26.4. The van der Waals surface area contributed by atoms with Gasteiger partial charge in [0, 0.05) is 0 Å². The molecule has 4 rings (SSSR count). The van der Waals surface area contributed by atoms with Crippen LogP contribution in [0.25, 0.3) is 6.08 Å². The molecule has 1 fully saturated rings. The Morgan fingerprint density at radius 1 is 0.886 bits per heavy atom. The molecule has 0 bridgehead atoms. The van der Waals surface area contributed by atoms with Crippen LogP contribution >= 0.6 is 34.8 Å². The van der Waals surface area contributed by atoms with E-state index in [2.05, 4.69) is 5.32 Å². The number of rotatable bonds is 8. The van der Waals surface area contributed by atoms with E-state index in [1.165, 1.54) is 0 Å². The van der Waals surface area contributed by atoms with Crippen molar-refractivity contribution in [2.45, 2.75) is 20.1 Å². The zero-order chi connectivity index (χ0) is 24.9. The van der Waals surface area contributed by atoms with Gasteiger partial charge in [-0.05, 0) is 54.0 Å². The number of halogens is 3. The average Bonchev–Trinajstić information content (AvgIpc) is 3.09. The Kier molecular flexibility index (Phi) is 7.86. The Morgan fingerprint density at radius 2 is 1.66 bits per heavy atom. The Balaban J connectivity index is 1.55. The summed E-state index contributed by atoms with van der Waals surface area (Å²) >= 11 is 18.6. The lowest BCUT2D eigenvalue weighted by Crippen LogP contribution is -2.30. The van der Waals surface area contributed by atoms with Crippen LogP contribution in [-0.4, -0.2) is 23.4 Å². The van der Waals surface area contributed by atoms with Crippen molar-refractivity contribution in [3.63, 3.8) is 0 Å². The first-order valence-corrected chi connectivity index (χ1v) is 11.9. The molecular formula is C26H21Cl3N2O4. The second-order valence-electron chi connectivity index (χ2n) is 7.67. The molecule has 3 aromatic rings. The van der Waals surface area contributed by atoms with Crippen LogP contribution in [0.3, 0.4) is 0 Å². The van der Waals surface area contributed by atoms with Crippen LogP contribution < -0.4 is 14.8 Å². The predicted octanol–water partition coefficient (Wildman–Crippen LogP) is 6.72. The van der Waals surface area contributed by atoms with Gasteiger partial charge in [0.2, 0.25) is 0 Å². The first-order valence-electron chi connectivity index (χ1n) is 10.8. The molecule has 1 aliphatic rings. The largest absolute Gasteiger partial charge is 0.490 e. The monoisotopic (exact) mass is 530 g/mol. The molecule has 0 atom stereocenters. The van der Waals surface area contributed by atoms with Crippen molar-refractivity contribution in [1.82, 2.24) is 10.2 Å². The van der Waals surface area contributed by atoms with Gasteiger partial charge in [-0.1, -0.05) is 71.2 Å². The molecule has 0 aromatic heterocycles. The minimum absolute atomic E-state index is 0.147. The highest BCUT2D eigenvalue weighted by Gasteiger charge is 2.33. The maximum Gasteiger partial charge on any atom is 0.329 e. The van der Waals surface area contributed by atoms with E-state index in [0.717, 1.165) is 16.0 Å². The minimum Gasteiger partial charge on any atom is -0.490 e. The van der Waals surface area contributed by atoms with Gasteiger partial charge < -0.3 is 14.8 Å². The third kappa shape index (κ3) is 5.90. The van der Waals surface area contributed by atoms with Gasteiger partial charge in [0.05, 0.1) is 28.2 Å². The second kappa shape index (κ2) is 11.0. The predicted molar refractivity (Wildman–Crippen MR) is 137 cm³/mol. The number of carbonyl (C=O) groups excluding carboxylic acids is 2. The van der Waals surface area contributed by atoms with Gasteiger partial charge in [-0.2, -0.15) is 0 Å². The molecule has 3 aromatic carbocycles. The molecule has 0 aliphatic carbocycles. The number of nitrogens with one attached hydrogen (secondary N) is 1. The Morgan fingerprint density at radius 3 is 2.37 bits per heavy atom. The smallest absolute Gasteiger partial charge is 0.329 e. The molecule has 9 heteroatoms. The second-order valence-corrected chi connectivity index (χ2v) is 8.89. The maximum atomic E-state index is 12.9. The third-order valence-electron chi connectivity index (χ3n) is 5.16. The molecule has 0 unspecified atom stereocenters. The normalized spacial score (nSPS) is 14.4. The first-order chi connectivity index (χ1) is 16.9. The fourth-order valence-corrected chi connectivity index (χ4v) is 4.10. The number of hydrogen-bond donors (Lipinski definition) is 1. The summed E-state index contributed by atoms with van der Waals surface area (Å²) in [6.07, 6.45) is 1.56. The van der Waals surface area contributed by atoms with Crippen molar-refractivity contribution in [3.8, 4) is 11.5 Å². The van der Waals surface area contributed by atoms with Crippen molar-refractivity contribution in [2.24, 2.45) is 0 Å². The molecule has 0 saturated carbocycles. The Labute approximate surface area is 218 Å². The van der Waals surface area contributed by atoms with Crippen LogP contribution in [0.1, 0.15) is 23.6 Å². The van der Waals surface area contributed by atoms with E-state index in [-0.39, 0.29) is 18.8 Å². The van der Waals surface area contributed by atoms with Crippen molar-refractivity contribution < 1.29 is 19.1 Å². The number of hydrogen-bond acceptors (Lipinski definition) is 4.